The van der Waals surface area contributed by atoms with Gasteiger partial charge in [-0.15, -0.1) is 0 Å². The molecule has 3 aromatic carbocycles. The normalized spacial score (nSPS) is 10.4. The first kappa shape index (κ1) is 20.6. The molecule has 6 heteroatoms. The molecule has 0 atom stereocenters. The van der Waals surface area contributed by atoms with Crippen LogP contribution in [0.2, 0.25) is 5.02 Å². The van der Waals surface area contributed by atoms with Crippen molar-refractivity contribution >= 4 is 23.3 Å². The third kappa shape index (κ3) is 5.00. The molecule has 2 N–H and O–H groups in total. The Hall–Kier alpha value is -3.18. The van der Waals surface area contributed by atoms with Crippen molar-refractivity contribution in [3.8, 4) is 11.5 Å². The van der Waals surface area contributed by atoms with E-state index in [4.69, 9.17) is 21.1 Å². The number of ether oxygens (including phenoxy) is 2. The molecule has 0 saturated carbocycles. The van der Waals surface area contributed by atoms with Crippen molar-refractivity contribution in [1.29, 1.82) is 0 Å². The molecule has 0 bridgehead atoms. The summed E-state index contributed by atoms with van der Waals surface area (Å²) >= 11 is 5.94. The van der Waals surface area contributed by atoms with Crippen LogP contribution in [0.4, 0.5) is 5.69 Å². The van der Waals surface area contributed by atoms with Gasteiger partial charge >= 0.3 is 5.97 Å². The second-order valence-electron chi connectivity index (χ2n) is 6.52. The molecule has 0 aliphatic carbocycles. The van der Waals surface area contributed by atoms with Gasteiger partial charge in [0.05, 0.1) is 17.7 Å². The summed E-state index contributed by atoms with van der Waals surface area (Å²) in [6.45, 7) is 2.90. The lowest BCUT2D eigenvalue weighted by molar-refractivity contribution is 0.0697. The number of hydrogen-bond donors (Lipinski definition) is 2. The SMILES string of the molecule is COc1cccc(CNc2ccc(Cl)c(C(=O)O)c2)c1OCc1ccccc1C. The van der Waals surface area contributed by atoms with Gasteiger partial charge in [0, 0.05) is 17.8 Å². The minimum Gasteiger partial charge on any atom is -0.493 e. The summed E-state index contributed by atoms with van der Waals surface area (Å²) in [4.78, 5) is 11.3. The molecule has 150 valence electrons. The largest absolute Gasteiger partial charge is 0.493 e. The molecule has 29 heavy (non-hydrogen) atoms. The quantitative estimate of drug-likeness (QED) is 0.509. The number of methoxy groups -OCH3 is 1. The van der Waals surface area contributed by atoms with Gasteiger partial charge in [0.1, 0.15) is 6.61 Å². The molecule has 0 amide bonds. The van der Waals surface area contributed by atoms with Crippen LogP contribution in [0.3, 0.4) is 0 Å². The highest BCUT2D eigenvalue weighted by atomic mass is 35.5. The first-order valence-corrected chi connectivity index (χ1v) is 9.47. The smallest absolute Gasteiger partial charge is 0.337 e. The Bertz CT molecular complexity index is 1020. The fourth-order valence-electron chi connectivity index (χ4n) is 2.94. The Labute approximate surface area is 174 Å². The van der Waals surface area contributed by atoms with Crippen LogP contribution in [-0.4, -0.2) is 18.2 Å². The first-order valence-electron chi connectivity index (χ1n) is 9.09. The number of aromatic carboxylic acids is 1. The maximum Gasteiger partial charge on any atom is 0.337 e. The number of halogens is 1. The van der Waals surface area contributed by atoms with E-state index in [1.807, 2.05) is 49.4 Å². The Kier molecular flexibility index (Phi) is 6.62. The molecular weight excluding hydrogens is 390 g/mol. The number of anilines is 1. The lowest BCUT2D eigenvalue weighted by Gasteiger charge is -2.17. The number of nitrogens with one attached hydrogen (secondary N) is 1. The molecule has 0 radical (unpaired) electrons. The molecular formula is C23H22ClNO4. The number of carboxylic acid groups (broad SMARTS) is 1. The van der Waals surface area contributed by atoms with E-state index in [0.29, 0.717) is 30.3 Å². The molecule has 3 aromatic rings. The zero-order valence-electron chi connectivity index (χ0n) is 16.2. The number of hydrogen-bond acceptors (Lipinski definition) is 4. The minimum absolute atomic E-state index is 0.0540. The minimum atomic E-state index is -1.07. The molecule has 0 aliphatic heterocycles. The van der Waals surface area contributed by atoms with Crippen molar-refractivity contribution in [2.45, 2.75) is 20.1 Å². The van der Waals surface area contributed by atoms with Gasteiger partial charge in [-0.1, -0.05) is 48.0 Å². The van der Waals surface area contributed by atoms with Gasteiger partial charge in [0.15, 0.2) is 11.5 Å². The average molecular weight is 412 g/mol. The van der Waals surface area contributed by atoms with Gasteiger partial charge in [-0.25, -0.2) is 4.79 Å². The van der Waals surface area contributed by atoms with Gasteiger partial charge in [-0.05, 0) is 42.3 Å². The van der Waals surface area contributed by atoms with Crippen LogP contribution in [0.25, 0.3) is 0 Å². The summed E-state index contributed by atoms with van der Waals surface area (Å²) < 4.78 is 11.6. The summed E-state index contributed by atoms with van der Waals surface area (Å²) in [7, 11) is 1.60. The maximum absolute atomic E-state index is 11.3. The molecule has 3 rings (SSSR count). The lowest BCUT2D eigenvalue weighted by Crippen LogP contribution is -2.06. The van der Waals surface area contributed by atoms with E-state index >= 15 is 0 Å². The predicted octanol–water partition coefficient (Wildman–Crippen LogP) is 5.55. The highest BCUT2D eigenvalue weighted by Crippen LogP contribution is 2.33. The number of benzene rings is 3. The van der Waals surface area contributed by atoms with E-state index < -0.39 is 5.97 Å². The van der Waals surface area contributed by atoms with Crippen LogP contribution in [0.15, 0.2) is 60.7 Å². The Morgan fingerprint density at radius 2 is 1.83 bits per heavy atom. The molecule has 0 unspecified atom stereocenters. The first-order chi connectivity index (χ1) is 14.0. The van der Waals surface area contributed by atoms with E-state index in [0.717, 1.165) is 16.7 Å². The van der Waals surface area contributed by atoms with Gasteiger partial charge in [0.25, 0.3) is 0 Å². The monoisotopic (exact) mass is 411 g/mol. The maximum atomic E-state index is 11.3. The van der Waals surface area contributed by atoms with Crippen molar-refractivity contribution in [1.82, 2.24) is 0 Å². The van der Waals surface area contributed by atoms with Crippen LogP contribution in [-0.2, 0) is 13.2 Å². The van der Waals surface area contributed by atoms with Crippen LogP contribution in [0, 0.1) is 6.92 Å². The lowest BCUT2D eigenvalue weighted by atomic mass is 10.1. The van der Waals surface area contributed by atoms with Crippen LogP contribution in [0.5, 0.6) is 11.5 Å². The summed E-state index contributed by atoms with van der Waals surface area (Å²) in [6, 6.07) is 18.6. The summed E-state index contributed by atoms with van der Waals surface area (Å²) in [5, 5.41) is 12.7. The Morgan fingerprint density at radius 3 is 2.55 bits per heavy atom. The fourth-order valence-corrected chi connectivity index (χ4v) is 3.14. The number of aryl methyl sites for hydroxylation is 1. The third-order valence-corrected chi connectivity index (χ3v) is 4.92. The second kappa shape index (κ2) is 9.34. The van der Waals surface area contributed by atoms with Crippen LogP contribution < -0.4 is 14.8 Å². The van der Waals surface area contributed by atoms with Gasteiger partial charge in [-0.3, -0.25) is 0 Å². The summed E-state index contributed by atoms with van der Waals surface area (Å²) in [5.74, 6) is 0.223. The van der Waals surface area contributed by atoms with E-state index in [2.05, 4.69) is 5.32 Å². The zero-order chi connectivity index (χ0) is 20.8. The summed E-state index contributed by atoms with van der Waals surface area (Å²) in [5.41, 5.74) is 3.85. The van der Waals surface area contributed by atoms with Crippen molar-refractivity contribution < 1.29 is 19.4 Å². The average Bonchev–Trinajstić information content (AvgIpc) is 2.72. The van der Waals surface area contributed by atoms with E-state index in [9.17, 15) is 9.90 Å². The topological polar surface area (TPSA) is 67.8 Å². The number of carbonyl (C=O) groups is 1. The summed E-state index contributed by atoms with van der Waals surface area (Å²) in [6.07, 6.45) is 0. The Balaban J connectivity index is 1.80. The molecule has 5 nitrogen and oxygen atoms in total. The van der Waals surface area contributed by atoms with Crippen LogP contribution >= 0.6 is 11.6 Å². The molecule has 0 spiro atoms. The molecule has 0 aliphatic rings. The van der Waals surface area contributed by atoms with Crippen molar-refractivity contribution in [2.24, 2.45) is 0 Å². The standard InChI is InChI=1S/C23H22ClNO4/c1-15-6-3-4-7-17(15)14-29-22-16(8-5-9-21(22)28-2)13-25-18-10-11-20(24)19(12-18)23(26)27/h3-12,25H,13-14H2,1-2H3,(H,26,27). The highest BCUT2D eigenvalue weighted by molar-refractivity contribution is 6.33. The third-order valence-electron chi connectivity index (χ3n) is 4.59. The predicted molar refractivity (Wildman–Crippen MR) is 114 cm³/mol. The second-order valence-corrected chi connectivity index (χ2v) is 6.92. The number of para-hydroxylation sites is 1. The van der Waals surface area contributed by atoms with Crippen molar-refractivity contribution in [3.63, 3.8) is 0 Å². The van der Waals surface area contributed by atoms with E-state index in [1.165, 1.54) is 6.07 Å². The van der Waals surface area contributed by atoms with Gasteiger partial charge in [0.2, 0.25) is 0 Å². The van der Waals surface area contributed by atoms with E-state index in [-0.39, 0.29) is 10.6 Å². The van der Waals surface area contributed by atoms with Crippen molar-refractivity contribution in [3.05, 3.63) is 87.9 Å². The van der Waals surface area contributed by atoms with E-state index in [1.54, 1.807) is 19.2 Å². The Morgan fingerprint density at radius 1 is 1.07 bits per heavy atom. The highest BCUT2D eigenvalue weighted by Gasteiger charge is 2.13. The van der Waals surface area contributed by atoms with Gasteiger partial charge in [-0.2, -0.15) is 0 Å². The molecule has 0 aromatic heterocycles. The number of rotatable bonds is 8. The molecule has 0 saturated heterocycles. The number of carboxylic acids is 1. The molecule has 0 heterocycles. The van der Waals surface area contributed by atoms with Gasteiger partial charge < -0.3 is 19.9 Å². The van der Waals surface area contributed by atoms with Crippen LogP contribution in [0.1, 0.15) is 27.0 Å². The molecule has 0 fully saturated rings. The van der Waals surface area contributed by atoms with Crippen molar-refractivity contribution in [2.75, 3.05) is 12.4 Å². The zero-order valence-corrected chi connectivity index (χ0v) is 17.0. The fraction of sp³-hybridized carbons (Fsp3) is 0.174.